The number of carbonyl (C=O) groups excluding carboxylic acids is 1. The van der Waals surface area contributed by atoms with Gasteiger partial charge < -0.3 is 10.1 Å². The molecule has 0 aliphatic rings. The van der Waals surface area contributed by atoms with Crippen molar-refractivity contribution in [2.24, 2.45) is 0 Å². The average molecular weight is 546 g/mol. The van der Waals surface area contributed by atoms with Crippen LogP contribution in [0.3, 0.4) is 0 Å². The molecule has 0 aliphatic carbocycles. The second-order valence-corrected chi connectivity index (χ2v) is 12.3. The van der Waals surface area contributed by atoms with Crippen LogP contribution in [0.4, 0.5) is 11.4 Å². The van der Waals surface area contributed by atoms with Gasteiger partial charge in [0, 0.05) is 6.04 Å². The summed E-state index contributed by atoms with van der Waals surface area (Å²) in [5.41, 5.74) is 2.03. The summed E-state index contributed by atoms with van der Waals surface area (Å²) in [5.74, 6) is -0.453. The Kier molecular flexibility index (Phi) is 8.62. The van der Waals surface area contributed by atoms with Gasteiger partial charge in [-0.1, -0.05) is 30.3 Å². The SMILES string of the molecule is COc1ccc(S(=O)(=O)NC(C)C)cc1NC(=O)CN(c1cccc(C)c1C)S(=O)(=O)c1ccccc1. The van der Waals surface area contributed by atoms with Gasteiger partial charge in [0.2, 0.25) is 15.9 Å². The first kappa shape index (κ1) is 28.2. The van der Waals surface area contributed by atoms with Crippen LogP contribution in [0.5, 0.6) is 5.75 Å². The van der Waals surface area contributed by atoms with Crippen LogP contribution in [-0.2, 0) is 24.8 Å². The Balaban J connectivity index is 2.01. The zero-order valence-electron chi connectivity index (χ0n) is 21.3. The van der Waals surface area contributed by atoms with Crippen LogP contribution in [0.15, 0.2) is 76.5 Å². The summed E-state index contributed by atoms with van der Waals surface area (Å²) in [4.78, 5) is 13.2. The number of benzene rings is 3. The zero-order valence-corrected chi connectivity index (χ0v) is 23.0. The molecule has 198 valence electrons. The van der Waals surface area contributed by atoms with Crippen LogP contribution in [-0.4, -0.2) is 42.4 Å². The number of amides is 1. The molecular formula is C26H31N3O6S2. The number of nitrogens with one attached hydrogen (secondary N) is 2. The number of methoxy groups -OCH3 is 1. The lowest BCUT2D eigenvalue weighted by Gasteiger charge is -2.26. The maximum Gasteiger partial charge on any atom is 0.264 e. The van der Waals surface area contributed by atoms with Crippen molar-refractivity contribution in [3.63, 3.8) is 0 Å². The molecular weight excluding hydrogens is 514 g/mol. The van der Waals surface area contributed by atoms with Crippen molar-refractivity contribution < 1.29 is 26.4 Å². The molecule has 3 rings (SSSR count). The van der Waals surface area contributed by atoms with Crippen molar-refractivity contribution in [2.45, 2.75) is 43.5 Å². The zero-order chi connectivity index (χ0) is 27.4. The molecule has 0 bridgehead atoms. The monoisotopic (exact) mass is 545 g/mol. The highest BCUT2D eigenvalue weighted by atomic mass is 32.2. The van der Waals surface area contributed by atoms with Crippen molar-refractivity contribution in [2.75, 3.05) is 23.3 Å². The first-order valence-corrected chi connectivity index (χ1v) is 14.4. The van der Waals surface area contributed by atoms with E-state index < -0.39 is 32.5 Å². The van der Waals surface area contributed by atoms with Gasteiger partial charge in [0.05, 0.1) is 28.3 Å². The topological polar surface area (TPSA) is 122 Å². The lowest BCUT2D eigenvalue weighted by atomic mass is 10.1. The molecule has 3 aromatic carbocycles. The largest absolute Gasteiger partial charge is 0.495 e. The molecule has 0 aromatic heterocycles. The lowest BCUT2D eigenvalue weighted by molar-refractivity contribution is -0.114. The Labute approximate surface area is 218 Å². The molecule has 9 nitrogen and oxygen atoms in total. The number of carbonyl (C=O) groups is 1. The number of rotatable bonds is 10. The van der Waals surface area contributed by atoms with E-state index >= 15 is 0 Å². The van der Waals surface area contributed by atoms with E-state index in [1.54, 1.807) is 51.1 Å². The van der Waals surface area contributed by atoms with Gasteiger partial charge in [-0.2, -0.15) is 0 Å². The van der Waals surface area contributed by atoms with Gasteiger partial charge in [-0.05, 0) is 75.2 Å². The average Bonchev–Trinajstić information content (AvgIpc) is 2.84. The van der Waals surface area contributed by atoms with Gasteiger partial charge in [0.1, 0.15) is 12.3 Å². The highest BCUT2D eigenvalue weighted by Crippen LogP contribution is 2.30. The van der Waals surface area contributed by atoms with Gasteiger partial charge >= 0.3 is 0 Å². The molecule has 1 amide bonds. The third-order valence-electron chi connectivity index (χ3n) is 5.61. The molecule has 0 radical (unpaired) electrons. The van der Waals surface area contributed by atoms with Crippen LogP contribution >= 0.6 is 0 Å². The highest BCUT2D eigenvalue weighted by Gasteiger charge is 2.29. The Morgan fingerprint density at radius 2 is 1.59 bits per heavy atom. The predicted molar refractivity (Wildman–Crippen MR) is 144 cm³/mol. The van der Waals surface area contributed by atoms with Crippen LogP contribution in [0.25, 0.3) is 0 Å². The first-order valence-electron chi connectivity index (χ1n) is 11.5. The van der Waals surface area contributed by atoms with Crippen LogP contribution in [0, 0.1) is 13.8 Å². The minimum Gasteiger partial charge on any atom is -0.495 e. The summed E-state index contributed by atoms with van der Waals surface area (Å²) in [6.45, 7) is 6.48. The van der Waals surface area contributed by atoms with E-state index in [2.05, 4.69) is 10.0 Å². The fourth-order valence-corrected chi connectivity index (χ4v) is 6.45. The summed E-state index contributed by atoms with van der Waals surface area (Å²) >= 11 is 0. The summed E-state index contributed by atoms with van der Waals surface area (Å²) in [7, 11) is -6.56. The third kappa shape index (κ3) is 6.48. The van der Waals surface area contributed by atoms with Gasteiger partial charge in [-0.15, -0.1) is 0 Å². The molecule has 2 N–H and O–H groups in total. The van der Waals surface area contributed by atoms with E-state index in [1.165, 1.54) is 37.4 Å². The Hall–Kier alpha value is -3.41. The number of nitrogens with zero attached hydrogens (tertiary/aromatic N) is 1. The van der Waals surface area contributed by atoms with E-state index in [1.807, 2.05) is 13.0 Å². The molecule has 0 heterocycles. The van der Waals surface area contributed by atoms with Gasteiger partial charge in [-0.3, -0.25) is 9.10 Å². The summed E-state index contributed by atoms with van der Waals surface area (Å²) < 4.78 is 61.4. The molecule has 0 aliphatic heterocycles. The molecule has 0 atom stereocenters. The van der Waals surface area contributed by atoms with E-state index in [9.17, 15) is 21.6 Å². The standard InChI is InChI=1S/C26H31N3O6S2/c1-18(2)28-36(31,32)22-14-15-25(35-5)23(16-22)27-26(30)17-29(24-13-9-10-19(3)20(24)4)37(33,34)21-11-7-6-8-12-21/h6-16,18,28H,17H2,1-5H3,(H,27,30). The Morgan fingerprint density at radius 3 is 2.22 bits per heavy atom. The normalized spacial score (nSPS) is 11.8. The Bertz CT molecular complexity index is 1490. The molecule has 37 heavy (non-hydrogen) atoms. The second kappa shape index (κ2) is 11.3. The van der Waals surface area contributed by atoms with Crippen molar-refractivity contribution in [3.8, 4) is 5.75 Å². The summed E-state index contributed by atoms with van der Waals surface area (Å²) in [6.07, 6.45) is 0. The van der Waals surface area contributed by atoms with Crippen LogP contribution < -0.4 is 19.1 Å². The maximum atomic E-state index is 13.6. The van der Waals surface area contributed by atoms with E-state index in [4.69, 9.17) is 4.74 Å². The molecule has 0 spiro atoms. The van der Waals surface area contributed by atoms with Gasteiger partial charge in [0.15, 0.2) is 0 Å². The quantitative estimate of drug-likeness (QED) is 0.399. The lowest BCUT2D eigenvalue weighted by Crippen LogP contribution is -2.38. The number of sulfonamides is 2. The predicted octanol–water partition coefficient (Wildman–Crippen LogP) is 3.83. The van der Waals surface area contributed by atoms with E-state index in [0.29, 0.717) is 11.3 Å². The second-order valence-electron chi connectivity index (χ2n) is 8.73. The van der Waals surface area contributed by atoms with Crippen LogP contribution in [0.2, 0.25) is 0 Å². The van der Waals surface area contributed by atoms with Crippen LogP contribution in [0.1, 0.15) is 25.0 Å². The fourth-order valence-electron chi connectivity index (χ4n) is 3.68. The van der Waals surface area contributed by atoms with Crippen molar-refractivity contribution in [3.05, 3.63) is 77.9 Å². The summed E-state index contributed by atoms with van der Waals surface area (Å²) in [6, 6.07) is 16.8. The van der Waals surface area contributed by atoms with Crippen molar-refractivity contribution >= 4 is 37.3 Å². The minimum absolute atomic E-state index is 0.0362. The fraction of sp³-hybridized carbons (Fsp3) is 0.269. The number of hydrogen-bond acceptors (Lipinski definition) is 6. The molecule has 11 heteroatoms. The molecule has 0 saturated carbocycles. The van der Waals surface area contributed by atoms with Gasteiger partial charge in [-0.25, -0.2) is 21.6 Å². The van der Waals surface area contributed by atoms with E-state index in [-0.39, 0.29) is 27.3 Å². The van der Waals surface area contributed by atoms with Crippen molar-refractivity contribution in [1.82, 2.24) is 4.72 Å². The Morgan fingerprint density at radius 1 is 0.919 bits per heavy atom. The number of ether oxygens (including phenoxy) is 1. The smallest absolute Gasteiger partial charge is 0.264 e. The molecule has 0 fully saturated rings. The molecule has 0 unspecified atom stereocenters. The minimum atomic E-state index is -4.11. The first-order chi connectivity index (χ1) is 17.4. The highest BCUT2D eigenvalue weighted by molar-refractivity contribution is 7.92. The van der Waals surface area contributed by atoms with Crippen molar-refractivity contribution in [1.29, 1.82) is 0 Å². The molecule has 0 saturated heterocycles. The third-order valence-corrected chi connectivity index (χ3v) is 9.04. The van der Waals surface area contributed by atoms with E-state index in [0.717, 1.165) is 9.87 Å². The molecule has 3 aromatic rings. The number of hydrogen-bond donors (Lipinski definition) is 2. The maximum absolute atomic E-state index is 13.6. The summed E-state index contributed by atoms with van der Waals surface area (Å²) in [5, 5.41) is 2.62. The number of anilines is 2. The number of aryl methyl sites for hydroxylation is 1. The van der Waals surface area contributed by atoms with Gasteiger partial charge in [0.25, 0.3) is 10.0 Å².